The minimum absolute atomic E-state index is 0.117. The van der Waals surface area contributed by atoms with Crippen LogP contribution in [0.15, 0.2) is 12.4 Å². The van der Waals surface area contributed by atoms with Gasteiger partial charge in [0.05, 0.1) is 17.8 Å². The Morgan fingerprint density at radius 2 is 2.19 bits per heavy atom. The van der Waals surface area contributed by atoms with Crippen LogP contribution in [0.4, 0.5) is 0 Å². The summed E-state index contributed by atoms with van der Waals surface area (Å²) >= 11 is 0. The van der Waals surface area contributed by atoms with Gasteiger partial charge in [-0.15, -0.1) is 0 Å². The van der Waals surface area contributed by atoms with E-state index in [0.717, 1.165) is 43.4 Å². The van der Waals surface area contributed by atoms with Crippen molar-refractivity contribution in [3.8, 4) is 0 Å². The van der Waals surface area contributed by atoms with Crippen molar-refractivity contribution >= 4 is 5.97 Å². The first kappa shape index (κ1) is 19.6. The molecule has 0 bridgehead atoms. The van der Waals surface area contributed by atoms with E-state index in [1.54, 1.807) is 4.68 Å². The van der Waals surface area contributed by atoms with E-state index in [1.165, 1.54) is 5.56 Å². The van der Waals surface area contributed by atoms with Gasteiger partial charge in [0.15, 0.2) is 0 Å². The normalized spacial score (nSPS) is 18.2. The molecule has 3 rings (SSSR count). The van der Waals surface area contributed by atoms with Gasteiger partial charge in [-0.3, -0.25) is 14.4 Å². The molecule has 1 atom stereocenters. The Balaban J connectivity index is 1.78. The van der Waals surface area contributed by atoms with Crippen LogP contribution in [0.1, 0.15) is 42.7 Å². The average molecular weight is 374 g/mol. The third kappa shape index (κ3) is 4.39. The van der Waals surface area contributed by atoms with E-state index in [4.69, 9.17) is 4.74 Å². The predicted molar refractivity (Wildman–Crippen MR) is 102 cm³/mol. The number of aromatic nitrogens is 4. The van der Waals surface area contributed by atoms with Gasteiger partial charge in [-0.2, -0.15) is 5.10 Å². The second-order valence-electron chi connectivity index (χ2n) is 7.43. The number of piperazine rings is 1. The molecule has 148 valence electrons. The van der Waals surface area contributed by atoms with Crippen molar-refractivity contribution in [2.45, 2.75) is 52.9 Å². The molecule has 1 saturated heterocycles. The minimum Gasteiger partial charge on any atom is -0.462 e. The highest BCUT2D eigenvalue weighted by Gasteiger charge is 2.28. The number of hydrogen-bond acceptors (Lipinski definition) is 6. The minimum atomic E-state index is -0.254. The number of carbonyl (C=O) groups is 1. The van der Waals surface area contributed by atoms with Crippen LogP contribution in [0.25, 0.3) is 0 Å². The summed E-state index contributed by atoms with van der Waals surface area (Å²) in [5.74, 6) is 0.806. The Hall–Kier alpha value is -2.19. The van der Waals surface area contributed by atoms with Crippen LogP contribution >= 0.6 is 0 Å². The molecule has 1 aliphatic rings. The van der Waals surface area contributed by atoms with Gasteiger partial charge < -0.3 is 14.6 Å². The SMILES string of the molecule is Cc1nn(CC(=O)OC(C)C)c(C)c1CN1CCNCC1c1nccn1C. The van der Waals surface area contributed by atoms with Crippen LogP contribution < -0.4 is 5.32 Å². The summed E-state index contributed by atoms with van der Waals surface area (Å²) in [6.07, 6.45) is 3.71. The highest BCUT2D eigenvalue weighted by Crippen LogP contribution is 2.25. The van der Waals surface area contributed by atoms with Crippen LogP contribution in [-0.4, -0.2) is 55.9 Å². The molecular weight excluding hydrogens is 344 g/mol. The molecular formula is C19H30N6O2. The maximum absolute atomic E-state index is 12.0. The Kier molecular flexibility index (Phi) is 5.96. The number of nitrogens with zero attached hydrogens (tertiary/aromatic N) is 5. The number of imidazole rings is 1. The zero-order valence-electron chi connectivity index (χ0n) is 16.9. The first-order valence-corrected chi connectivity index (χ1v) is 9.51. The van der Waals surface area contributed by atoms with E-state index in [9.17, 15) is 4.79 Å². The van der Waals surface area contributed by atoms with Crippen molar-refractivity contribution in [2.24, 2.45) is 7.05 Å². The maximum Gasteiger partial charge on any atom is 0.328 e. The molecule has 8 heteroatoms. The number of nitrogens with one attached hydrogen (secondary N) is 1. The van der Waals surface area contributed by atoms with E-state index in [-0.39, 0.29) is 24.7 Å². The van der Waals surface area contributed by atoms with Crippen molar-refractivity contribution in [1.29, 1.82) is 0 Å². The Labute approximate surface area is 160 Å². The van der Waals surface area contributed by atoms with Crippen LogP contribution in [0.2, 0.25) is 0 Å². The van der Waals surface area contributed by atoms with E-state index in [1.807, 2.05) is 47.1 Å². The lowest BCUT2D eigenvalue weighted by Crippen LogP contribution is -2.46. The number of hydrogen-bond donors (Lipinski definition) is 1. The largest absolute Gasteiger partial charge is 0.462 e. The van der Waals surface area contributed by atoms with Gasteiger partial charge in [-0.05, 0) is 27.7 Å². The molecule has 0 radical (unpaired) electrons. The van der Waals surface area contributed by atoms with Gasteiger partial charge in [-0.25, -0.2) is 4.98 Å². The van der Waals surface area contributed by atoms with Crippen LogP contribution in [0, 0.1) is 13.8 Å². The van der Waals surface area contributed by atoms with Gasteiger partial charge in [0.25, 0.3) is 0 Å². The number of rotatable bonds is 6. The summed E-state index contributed by atoms with van der Waals surface area (Å²) in [5.41, 5.74) is 3.15. The fraction of sp³-hybridized carbons (Fsp3) is 0.632. The number of carbonyl (C=O) groups excluding carboxylic acids is 1. The van der Waals surface area contributed by atoms with Gasteiger partial charge in [0, 0.05) is 56.9 Å². The summed E-state index contributed by atoms with van der Waals surface area (Å²) in [6, 6.07) is 0.215. The molecule has 8 nitrogen and oxygen atoms in total. The molecule has 0 saturated carbocycles. The summed E-state index contributed by atoms with van der Waals surface area (Å²) < 4.78 is 9.09. The first-order chi connectivity index (χ1) is 12.9. The van der Waals surface area contributed by atoms with Crippen molar-refractivity contribution in [1.82, 2.24) is 29.5 Å². The second-order valence-corrected chi connectivity index (χ2v) is 7.43. The molecule has 0 aliphatic carbocycles. The molecule has 1 N–H and O–H groups in total. The summed E-state index contributed by atoms with van der Waals surface area (Å²) in [6.45, 7) is 11.4. The zero-order chi connectivity index (χ0) is 19.6. The quantitative estimate of drug-likeness (QED) is 0.769. The maximum atomic E-state index is 12.0. The van der Waals surface area contributed by atoms with Crippen molar-refractivity contribution in [3.05, 3.63) is 35.2 Å². The third-order valence-electron chi connectivity index (χ3n) is 5.05. The van der Waals surface area contributed by atoms with Crippen LogP contribution in [-0.2, 0) is 29.7 Å². The molecule has 0 aromatic carbocycles. The van der Waals surface area contributed by atoms with Crippen molar-refractivity contribution in [2.75, 3.05) is 19.6 Å². The highest BCUT2D eigenvalue weighted by atomic mass is 16.5. The topological polar surface area (TPSA) is 77.2 Å². The molecule has 3 heterocycles. The molecule has 2 aromatic rings. The van der Waals surface area contributed by atoms with Crippen molar-refractivity contribution in [3.63, 3.8) is 0 Å². The second kappa shape index (κ2) is 8.22. The highest BCUT2D eigenvalue weighted by molar-refractivity contribution is 5.69. The number of aryl methyl sites for hydroxylation is 2. The Morgan fingerprint density at radius 1 is 1.41 bits per heavy atom. The zero-order valence-corrected chi connectivity index (χ0v) is 16.9. The van der Waals surface area contributed by atoms with Gasteiger partial charge >= 0.3 is 5.97 Å². The molecule has 1 fully saturated rings. The standard InChI is InChI=1S/C19H30N6O2/c1-13(2)27-18(26)12-25-15(4)16(14(3)22-25)11-24-9-6-20-10-17(24)19-21-7-8-23(19)5/h7-8,13,17,20H,6,9-12H2,1-5H3. The third-order valence-corrected chi connectivity index (χ3v) is 5.05. The molecule has 27 heavy (non-hydrogen) atoms. The predicted octanol–water partition coefficient (Wildman–Crippen LogP) is 1.33. The molecule has 0 spiro atoms. The summed E-state index contributed by atoms with van der Waals surface area (Å²) in [5, 5.41) is 8.05. The van der Waals surface area contributed by atoms with E-state index >= 15 is 0 Å². The average Bonchev–Trinajstić information content (AvgIpc) is 3.13. The Morgan fingerprint density at radius 3 is 2.85 bits per heavy atom. The van der Waals surface area contributed by atoms with E-state index < -0.39 is 0 Å². The van der Waals surface area contributed by atoms with Gasteiger partial charge in [-0.1, -0.05) is 0 Å². The first-order valence-electron chi connectivity index (χ1n) is 9.51. The molecule has 1 aliphatic heterocycles. The number of ether oxygens (including phenoxy) is 1. The smallest absolute Gasteiger partial charge is 0.328 e. The Bertz CT molecular complexity index is 794. The number of esters is 1. The summed E-state index contributed by atoms with van der Waals surface area (Å²) in [7, 11) is 2.03. The van der Waals surface area contributed by atoms with Crippen LogP contribution in [0.5, 0.6) is 0 Å². The monoisotopic (exact) mass is 374 g/mol. The van der Waals surface area contributed by atoms with Crippen LogP contribution in [0.3, 0.4) is 0 Å². The summed E-state index contributed by atoms with van der Waals surface area (Å²) in [4.78, 5) is 19.0. The van der Waals surface area contributed by atoms with Gasteiger partial charge in [0.2, 0.25) is 0 Å². The van der Waals surface area contributed by atoms with E-state index in [2.05, 4.69) is 24.9 Å². The van der Waals surface area contributed by atoms with Gasteiger partial charge in [0.1, 0.15) is 12.4 Å². The fourth-order valence-corrected chi connectivity index (χ4v) is 3.63. The van der Waals surface area contributed by atoms with E-state index in [0.29, 0.717) is 0 Å². The lowest BCUT2D eigenvalue weighted by Gasteiger charge is -2.35. The molecule has 1 unspecified atom stereocenters. The lowest BCUT2D eigenvalue weighted by molar-refractivity contribution is -0.148. The molecule has 2 aromatic heterocycles. The fourth-order valence-electron chi connectivity index (χ4n) is 3.63. The lowest BCUT2D eigenvalue weighted by atomic mass is 10.1. The van der Waals surface area contributed by atoms with Crippen molar-refractivity contribution < 1.29 is 9.53 Å². The molecule has 0 amide bonds.